The maximum atomic E-state index is 8.79. The molecule has 1 aliphatic heterocycles. The summed E-state index contributed by atoms with van der Waals surface area (Å²) in [6.45, 7) is 4.22. The second kappa shape index (κ2) is 6.91. The molecule has 0 aromatic heterocycles. The van der Waals surface area contributed by atoms with Crippen LogP contribution < -0.4 is 5.32 Å². The molecule has 1 aromatic rings. The van der Waals surface area contributed by atoms with Gasteiger partial charge in [0.1, 0.15) is 0 Å². The molecule has 0 aliphatic carbocycles. The Morgan fingerprint density at radius 3 is 2.79 bits per heavy atom. The van der Waals surface area contributed by atoms with Crippen molar-refractivity contribution in [1.29, 1.82) is 5.26 Å². The Balaban J connectivity index is 1.78. The van der Waals surface area contributed by atoms with Crippen LogP contribution in [-0.4, -0.2) is 31.6 Å². The van der Waals surface area contributed by atoms with Gasteiger partial charge in [0, 0.05) is 11.6 Å². The van der Waals surface area contributed by atoms with Crippen LogP contribution in [0, 0.1) is 17.2 Å². The smallest absolute Gasteiger partial charge is 0.0992 e. The Morgan fingerprint density at radius 2 is 2.16 bits per heavy atom. The third-order valence-corrected chi connectivity index (χ3v) is 4.12. The first-order valence-corrected chi connectivity index (χ1v) is 7.14. The molecule has 0 unspecified atom stereocenters. The fourth-order valence-electron chi connectivity index (χ4n) is 2.44. The molecule has 0 amide bonds. The highest BCUT2D eigenvalue weighted by atomic mass is 35.5. The third kappa shape index (κ3) is 4.21. The number of hydrogen-bond acceptors (Lipinski definition) is 3. The number of piperidine rings is 1. The van der Waals surface area contributed by atoms with Crippen molar-refractivity contribution in [1.82, 2.24) is 10.2 Å². The summed E-state index contributed by atoms with van der Waals surface area (Å²) in [7, 11) is 2.18. The zero-order valence-corrected chi connectivity index (χ0v) is 12.1. The first-order valence-electron chi connectivity index (χ1n) is 6.77. The molecule has 4 heteroatoms. The minimum atomic E-state index is 0.615. The molecule has 19 heavy (non-hydrogen) atoms. The van der Waals surface area contributed by atoms with Gasteiger partial charge in [0.2, 0.25) is 0 Å². The van der Waals surface area contributed by atoms with E-state index in [4.69, 9.17) is 16.9 Å². The van der Waals surface area contributed by atoms with Crippen LogP contribution in [0.3, 0.4) is 0 Å². The standard InChI is InChI=1S/C15H20ClN3/c1-19-6-4-12(5-7-19)10-18-11-14-3-2-13(9-17)8-15(14)16/h2-3,8,12,18H,4-7,10-11H2,1H3. The van der Waals surface area contributed by atoms with E-state index in [0.717, 1.165) is 24.6 Å². The van der Waals surface area contributed by atoms with E-state index in [1.54, 1.807) is 6.07 Å². The maximum absolute atomic E-state index is 8.79. The fraction of sp³-hybridized carbons (Fsp3) is 0.533. The lowest BCUT2D eigenvalue weighted by molar-refractivity contribution is 0.216. The van der Waals surface area contributed by atoms with Gasteiger partial charge >= 0.3 is 0 Å². The monoisotopic (exact) mass is 277 g/mol. The summed E-state index contributed by atoms with van der Waals surface area (Å²) in [6.07, 6.45) is 2.54. The van der Waals surface area contributed by atoms with E-state index in [2.05, 4.69) is 23.3 Å². The average Bonchev–Trinajstić information content (AvgIpc) is 2.42. The molecule has 1 saturated heterocycles. The van der Waals surface area contributed by atoms with Crippen LogP contribution in [0.2, 0.25) is 5.02 Å². The molecule has 0 atom stereocenters. The Bertz CT molecular complexity index is 459. The molecule has 1 fully saturated rings. The molecule has 2 rings (SSSR count). The average molecular weight is 278 g/mol. The van der Waals surface area contributed by atoms with Crippen LogP contribution in [0.25, 0.3) is 0 Å². The van der Waals surface area contributed by atoms with Crippen molar-refractivity contribution in [2.45, 2.75) is 19.4 Å². The second-order valence-corrected chi connectivity index (χ2v) is 5.70. The maximum Gasteiger partial charge on any atom is 0.0992 e. The normalized spacial score (nSPS) is 17.3. The topological polar surface area (TPSA) is 39.1 Å². The van der Waals surface area contributed by atoms with E-state index in [0.29, 0.717) is 10.6 Å². The van der Waals surface area contributed by atoms with E-state index >= 15 is 0 Å². The first-order chi connectivity index (χ1) is 9.19. The summed E-state index contributed by atoms with van der Waals surface area (Å²) in [5.41, 5.74) is 1.68. The molecular weight excluding hydrogens is 258 g/mol. The van der Waals surface area contributed by atoms with Crippen molar-refractivity contribution in [2.75, 3.05) is 26.7 Å². The largest absolute Gasteiger partial charge is 0.312 e. The molecule has 0 bridgehead atoms. The molecule has 0 radical (unpaired) electrons. The molecular formula is C15H20ClN3. The van der Waals surface area contributed by atoms with Gasteiger partial charge in [-0.05, 0) is 63.1 Å². The van der Waals surface area contributed by atoms with E-state index < -0.39 is 0 Å². The summed E-state index contributed by atoms with van der Waals surface area (Å²) in [5.74, 6) is 0.772. The lowest BCUT2D eigenvalue weighted by Crippen LogP contribution is -2.34. The zero-order valence-electron chi connectivity index (χ0n) is 11.3. The van der Waals surface area contributed by atoms with Gasteiger partial charge in [-0.25, -0.2) is 0 Å². The van der Waals surface area contributed by atoms with Crippen molar-refractivity contribution in [3.05, 3.63) is 34.3 Å². The third-order valence-electron chi connectivity index (χ3n) is 3.77. The van der Waals surface area contributed by atoms with Gasteiger partial charge < -0.3 is 10.2 Å². The zero-order chi connectivity index (χ0) is 13.7. The molecule has 1 aliphatic rings. The second-order valence-electron chi connectivity index (χ2n) is 5.30. The quantitative estimate of drug-likeness (QED) is 0.920. The number of rotatable bonds is 4. The first kappa shape index (κ1) is 14.3. The van der Waals surface area contributed by atoms with Crippen molar-refractivity contribution >= 4 is 11.6 Å². The Kier molecular flexibility index (Phi) is 5.21. The fourth-order valence-corrected chi connectivity index (χ4v) is 2.68. The van der Waals surface area contributed by atoms with Gasteiger partial charge in [0.25, 0.3) is 0 Å². The van der Waals surface area contributed by atoms with Gasteiger partial charge in [-0.2, -0.15) is 5.26 Å². The SMILES string of the molecule is CN1CCC(CNCc2ccc(C#N)cc2Cl)CC1. The van der Waals surface area contributed by atoms with E-state index in [1.165, 1.54) is 25.9 Å². The van der Waals surface area contributed by atoms with E-state index in [1.807, 2.05) is 12.1 Å². The van der Waals surface area contributed by atoms with Gasteiger partial charge in [0.15, 0.2) is 0 Å². The van der Waals surface area contributed by atoms with Crippen molar-refractivity contribution in [3.63, 3.8) is 0 Å². The van der Waals surface area contributed by atoms with Gasteiger partial charge in [0.05, 0.1) is 11.6 Å². The summed E-state index contributed by atoms with van der Waals surface area (Å²) in [4.78, 5) is 2.38. The highest BCUT2D eigenvalue weighted by Gasteiger charge is 2.16. The van der Waals surface area contributed by atoms with Gasteiger partial charge in [-0.3, -0.25) is 0 Å². The van der Waals surface area contributed by atoms with Crippen LogP contribution in [0.4, 0.5) is 0 Å². The molecule has 1 aromatic carbocycles. The van der Waals surface area contributed by atoms with Crippen molar-refractivity contribution in [3.8, 4) is 6.07 Å². The molecule has 0 saturated carbocycles. The minimum Gasteiger partial charge on any atom is -0.312 e. The number of hydrogen-bond donors (Lipinski definition) is 1. The number of nitrogens with zero attached hydrogens (tertiary/aromatic N) is 2. The van der Waals surface area contributed by atoms with Crippen LogP contribution in [0.15, 0.2) is 18.2 Å². The van der Waals surface area contributed by atoms with E-state index in [9.17, 15) is 0 Å². The minimum absolute atomic E-state index is 0.615. The number of nitriles is 1. The lowest BCUT2D eigenvalue weighted by Gasteiger charge is -2.29. The molecule has 0 spiro atoms. The predicted molar refractivity (Wildman–Crippen MR) is 78.1 cm³/mol. The number of nitrogens with one attached hydrogen (secondary N) is 1. The molecule has 102 valence electrons. The summed E-state index contributed by atoms with van der Waals surface area (Å²) >= 11 is 6.15. The lowest BCUT2D eigenvalue weighted by atomic mass is 9.97. The van der Waals surface area contributed by atoms with Crippen LogP contribution in [0.5, 0.6) is 0 Å². The number of likely N-dealkylation sites (tertiary alicyclic amines) is 1. The number of benzene rings is 1. The molecule has 1 N–H and O–H groups in total. The summed E-state index contributed by atoms with van der Waals surface area (Å²) in [6, 6.07) is 7.58. The molecule has 1 heterocycles. The van der Waals surface area contributed by atoms with Crippen molar-refractivity contribution < 1.29 is 0 Å². The number of halogens is 1. The Labute approximate surface area is 120 Å². The van der Waals surface area contributed by atoms with Crippen LogP contribution in [-0.2, 0) is 6.54 Å². The van der Waals surface area contributed by atoms with Crippen LogP contribution in [0.1, 0.15) is 24.0 Å². The highest BCUT2D eigenvalue weighted by Crippen LogP contribution is 2.18. The van der Waals surface area contributed by atoms with Gasteiger partial charge in [-0.1, -0.05) is 17.7 Å². The van der Waals surface area contributed by atoms with Gasteiger partial charge in [-0.15, -0.1) is 0 Å². The Hall–Kier alpha value is -1.08. The van der Waals surface area contributed by atoms with E-state index in [-0.39, 0.29) is 0 Å². The summed E-state index contributed by atoms with van der Waals surface area (Å²) in [5, 5.41) is 12.9. The van der Waals surface area contributed by atoms with Crippen LogP contribution >= 0.6 is 11.6 Å². The Morgan fingerprint density at radius 1 is 1.42 bits per heavy atom. The predicted octanol–water partition coefficient (Wildman–Crippen LogP) is 2.64. The van der Waals surface area contributed by atoms with Crippen molar-refractivity contribution in [2.24, 2.45) is 5.92 Å². The summed E-state index contributed by atoms with van der Waals surface area (Å²) < 4.78 is 0. The highest BCUT2D eigenvalue weighted by molar-refractivity contribution is 6.31. The molecule has 3 nitrogen and oxygen atoms in total.